The van der Waals surface area contributed by atoms with E-state index in [1.807, 2.05) is 20.1 Å². The maximum atomic E-state index is 4.05. The third-order valence-corrected chi connectivity index (χ3v) is 0.832. The molecule has 0 saturated carbocycles. The number of nitrogens with zero attached hydrogens (tertiary/aromatic N) is 1. The number of allylic oxidation sites excluding steroid dienone is 2. The number of hydrogen-bond acceptors (Lipinski definition) is 1. The molecule has 0 saturated heterocycles. The van der Waals surface area contributed by atoms with Gasteiger partial charge in [-0.15, -0.1) is 0 Å². The SMILES string of the molecule is C/C=N\C(C)=C\CC. The van der Waals surface area contributed by atoms with Crippen LogP contribution in [0.5, 0.6) is 0 Å². The van der Waals surface area contributed by atoms with Crippen LogP contribution in [0, 0.1) is 0 Å². The fraction of sp³-hybridized carbons (Fsp3) is 0.571. The second kappa shape index (κ2) is 4.57. The van der Waals surface area contributed by atoms with Crippen LogP contribution in [0.3, 0.4) is 0 Å². The third-order valence-electron chi connectivity index (χ3n) is 0.832. The summed E-state index contributed by atoms with van der Waals surface area (Å²) in [5.74, 6) is 0. The molecule has 0 fully saturated rings. The Morgan fingerprint density at radius 3 is 2.62 bits per heavy atom. The van der Waals surface area contributed by atoms with E-state index in [4.69, 9.17) is 0 Å². The van der Waals surface area contributed by atoms with E-state index >= 15 is 0 Å². The number of hydrogen-bond donors (Lipinski definition) is 0. The predicted molar refractivity (Wildman–Crippen MR) is 38.2 cm³/mol. The molecule has 1 nitrogen and oxygen atoms in total. The first kappa shape index (κ1) is 7.41. The van der Waals surface area contributed by atoms with Gasteiger partial charge in [0, 0.05) is 11.9 Å². The van der Waals surface area contributed by atoms with E-state index < -0.39 is 0 Å². The lowest BCUT2D eigenvalue weighted by molar-refractivity contribution is 1.16. The minimum absolute atomic E-state index is 1.07. The molecule has 0 aromatic heterocycles. The summed E-state index contributed by atoms with van der Waals surface area (Å²) in [6.07, 6.45) is 4.98. The Balaban J connectivity index is 3.61. The minimum atomic E-state index is 1.07. The first-order valence-corrected chi connectivity index (χ1v) is 2.96. The van der Waals surface area contributed by atoms with Crippen molar-refractivity contribution in [2.75, 3.05) is 0 Å². The van der Waals surface area contributed by atoms with E-state index in [1.165, 1.54) is 0 Å². The van der Waals surface area contributed by atoms with Crippen LogP contribution in [0.15, 0.2) is 16.8 Å². The Kier molecular flexibility index (Phi) is 4.23. The van der Waals surface area contributed by atoms with Gasteiger partial charge in [-0.2, -0.15) is 0 Å². The summed E-state index contributed by atoms with van der Waals surface area (Å²) < 4.78 is 0. The highest BCUT2D eigenvalue weighted by Gasteiger charge is 1.74. The Morgan fingerprint density at radius 2 is 2.25 bits per heavy atom. The molecule has 0 aliphatic rings. The maximum Gasteiger partial charge on any atom is 0.0328 e. The largest absolute Gasteiger partial charge is 0.267 e. The molecule has 0 aliphatic carbocycles. The van der Waals surface area contributed by atoms with Gasteiger partial charge in [0.1, 0.15) is 0 Å². The van der Waals surface area contributed by atoms with Crippen LogP contribution in [0.1, 0.15) is 27.2 Å². The zero-order valence-corrected chi connectivity index (χ0v) is 5.81. The van der Waals surface area contributed by atoms with Crippen LogP contribution in [-0.2, 0) is 0 Å². The molecule has 0 radical (unpaired) electrons. The standard InChI is InChI=1S/C7H13N/c1-4-6-7(3)8-5-2/h5-6H,4H2,1-3H3/b7-6+,8-5-. The van der Waals surface area contributed by atoms with Gasteiger partial charge in [-0.3, -0.25) is 4.99 Å². The van der Waals surface area contributed by atoms with E-state index in [-0.39, 0.29) is 0 Å². The molecule has 0 rings (SSSR count). The summed E-state index contributed by atoms with van der Waals surface area (Å²) in [5.41, 5.74) is 1.11. The minimum Gasteiger partial charge on any atom is -0.267 e. The molecule has 8 heavy (non-hydrogen) atoms. The summed E-state index contributed by atoms with van der Waals surface area (Å²) >= 11 is 0. The van der Waals surface area contributed by atoms with Gasteiger partial charge in [-0.05, 0) is 20.3 Å². The van der Waals surface area contributed by atoms with Crippen molar-refractivity contribution in [3.05, 3.63) is 11.8 Å². The van der Waals surface area contributed by atoms with Crippen LogP contribution >= 0.6 is 0 Å². The summed E-state index contributed by atoms with van der Waals surface area (Å²) in [5, 5.41) is 0. The van der Waals surface area contributed by atoms with Crippen molar-refractivity contribution in [3.8, 4) is 0 Å². The second-order valence-corrected chi connectivity index (χ2v) is 1.64. The van der Waals surface area contributed by atoms with Crippen LogP contribution < -0.4 is 0 Å². The van der Waals surface area contributed by atoms with Gasteiger partial charge in [0.25, 0.3) is 0 Å². The van der Waals surface area contributed by atoms with Gasteiger partial charge in [0.2, 0.25) is 0 Å². The molecule has 46 valence electrons. The first-order valence-electron chi connectivity index (χ1n) is 2.96. The third kappa shape index (κ3) is 3.59. The molecular formula is C7H13N. The zero-order valence-electron chi connectivity index (χ0n) is 5.81. The smallest absolute Gasteiger partial charge is 0.0328 e. The van der Waals surface area contributed by atoms with Crippen LogP contribution in [0.4, 0.5) is 0 Å². The molecule has 0 spiro atoms. The average Bonchev–Trinajstić information content (AvgIpc) is 1.68. The summed E-state index contributed by atoms with van der Waals surface area (Å²) in [4.78, 5) is 4.05. The van der Waals surface area contributed by atoms with Gasteiger partial charge in [0.05, 0.1) is 0 Å². The molecule has 0 atom stereocenters. The van der Waals surface area contributed by atoms with Crippen molar-refractivity contribution < 1.29 is 0 Å². The fourth-order valence-electron chi connectivity index (χ4n) is 0.552. The van der Waals surface area contributed by atoms with Crippen molar-refractivity contribution in [3.63, 3.8) is 0 Å². The predicted octanol–water partition coefficient (Wildman–Crippen LogP) is 2.39. The Hall–Kier alpha value is -0.590. The van der Waals surface area contributed by atoms with E-state index in [2.05, 4.69) is 18.0 Å². The van der Waals surface area contributed by atoms with Gasteiger partial charge in [0.15, 0.2) is 0 Å². The van der Waals surface area contributed by atoms with Crippen molar-refractivity contribution in [2.24, 2.45) is 4.99 Å². The maximum absolute atomic E-state index is 4.05. The highest BCUT2D eigenvalue weighted by Crippen LogP contribution is 1.93. The van der Waals surface area contributed by atoms with Crippen molar-refractivity contribution >= 4 is 6.21 Å². The Morgan fingerprint density at radius 1 is 1.62 bits per heavy atom. The number of aliphatic imine (C=N–C) groups is 1. The quantitative estimate of drug-likeness (QED) is 0.485. The molecule has 0 heterocycles. The fourth-order valence-corrected chi connectivity index (χ4v) is 0.552. The molecule has 0 aromatic carbocycles. The number of rotatable bonds is 2. The topological polar surface area (TPSA) is 12.4 Å². The van der Waals surface area contributed by atoms with Crippen LogP contribution in [0.25, 0.3) is 0 Å². The van der Waals surface area contributed by atoms with Crippen LogP contribution in [-0.4, -0.2) is 6.21 Å². The molecule has 0 unspecified atom stereocenters. The monoisotopic (exact) mass is 111 g/mol. The van der Waals surface area contributed by atoms with Crippen molar-refractivity contribution in [1.29, 1.82) is 0 Å². The average molecular weight is 111 g/mol. The lowest BCUT2D eigenvalue weighted by Crippen LogP contribution is -1.67. The van der Waals surface area contributed by atoms with Gasteiger partial charge < -0.3 is 0 Å². The van der Waals surface area contributed by atoms with Crippen molar-refractivity contribution in [2.45, 2.75) is 27.2 Å². The normalized spacial score (nSPS) is 13.1. The lowest BCUT2D eigenvalue weighted by atomic mass is 10.4. The summed E-state index contributed by atoms with van der Waals surface area (Å²) in [6.45, 7) is 6.03. The first-order chi connectivity index (χ1) is 3.81. The molecule has 0 amide bonds. The molecule has 1 heteroatoms. The Labute approximate surface area is 51.1 Å². The van der Waals surface area contributed by atoms with Crippen LogP contribution in [0.2, 0.25) is 0 Å². The molecule has 0 N–H and O–H groups in total. The van der Waals surface area contributed by atoms with E-state index in [0.717, 1.165) is 12.1 Å². The van der Waals surface area contributed by atoms with Gasteiger partial charge >= 0.3 is 0 Å². The highest BCUT2D eigenvalue weighted by atomic mass is 14.7. The molecule has 0 aromatic rings. The molecular weight excluding hydrogens is 98.1 g/mol. The van der Waals surface area contributed by atoms with E-state index in [9.17, 15) is 0 Å². The van der Waals surface area contributed by atoms with Gasteiger partial charge in [-0.1, -0.05) is 13.0 Å². The zero-order chi connectivity index (χ0) is 6.41. The summed E-state index contributed by atoms with van der Waals surface area (Å²) in [7, 11) is 0. The Bertz CT molecular complexity index is 101. The second-order valence-electron chi connectivity index (χ2n) is 1.64. The molecule has 0 bridgehead atoms. The van der Waals surface area contributed by atoms with E-state index in [1.54, 1.807) is 0 Å². The summed E-state index contributed by atoms with van der Waals surface area (Å²) in [6, 6.07) is 0. The van der Waals surface area contributed by atoms with E-state index in [0.29, 0.717) is 0 Å². The lowest BCUT2D eigenvalue weighted by Gasteiger charge is -1.85. The van der Waals surface area contributed by atoms with Crippen molar-refractivity contribution in [1.82, 2.24) is 0 Å². The molecule has 0 aliphatic heterocycles. The van der Waals surface area contributed by atoms with Gasteiger partial charge in [-0.25, -0.2) is 0 Å². The highest BCUT2D eigenvalue weighted by molar-refractivity contribution is 5.55.